The van der Waals surface area contributed by atoms with Gasteiger partial charge in [0.1, 0.15) is 0 Å². The topological polar surface area (TPSA) is 96.0 Å². The van der Waals surface area contributed by atoms with Crippen LogP contribution < -0.4 is 16.0 Å². The lowest BCUT2D eigenvalue weighted by molar-refractivity contribution is -0.121. The van der Waals surface area contributed by atoms with Crippen molar-refractivity contribution in [2.45, 2.75) is 63.6 Å². The number of benzene rings is 2. The molecule has 34 heavy (non-hydrogen) atoms. The summed E-state index contributed by atoms with van der Waals surface area (Å²) in [5, 5.41) is 11.0. The standard InChI is InChI=1S/C26H28ClN5O2/c1-2-24(33)30-22-4-3-5-23(22)32-26-28-14-17-12-15(7-11-21(17)31-26)19-13-16(6-10-20(19)27)25(34)29-18-8-9-18/h6-7,10-14,18,22-23H,2-5,8-9H2,1H3,(H,29,34)(H,30,33)(H,28,31,32). The molecule has 0 spiro atoms. The average molecular weight is 478 g/mol. The molecule has 0 saturated heterocycles. The number of rotatable bonds is 7. The first-order valence-electron chi connectivity index (χ1n) is 11.9. The molecule has 2 aromatic carbocycles. The van der Waals surface area contributed by atoms with Crippen molar-refractivity contribution in [1.82, 2.24) is 20.6 Å². The number of hydrogen-bond donors (Lipinski definition) is 3. The maximum Gasteiger partial charge on any atom is 0.251 e. The van der Waals surface area contributed by atoms with Crippen LogP contribution >= 0.6 is 11.6 Å². The Morgan fingerprint density at radius 2 is 1.85 bits per heavy atom. The summed E-state index contributed by atoms with van der Waals surface area (Å²) in [6, 6.07) is 11.8. The molecule has 7 nitrogen and oxygen atoms in total. The minimum atomic E-state index is -0.0689. The number of amides is 2. The van der Waals surface area contributed by atoms with E-state index in [1.807, 2.05) is 31.2 Å². The predicted octanol–water partition coefficient (Wildman–Crippen LogP) is 4.70. The maximum absolute atomic E-state index is 12.5. The summed E-state index contributed by atoms with van der Waals surface area (Å²) in [7, 11) is 0. The third-order valence-electron chi connectivity index (χ3n) is 6.53. The summed E-state index contributed by atoms with van der Waals surface area (Å²) >= 11 is 6.48. The zero-order valence-electron chi connectivity index (χ0n) is 19.1. The van der Waals surface area contributed by atoms with Gasteiger partial charge >= 0.3 is 0 Å². The normalized spacial score (nSPS) is 19.7. The second-order valence-electron chi connectivity index (χ2n) is 9.12. The Morgan fingerprint density at radius 1 is 1.03 bits per heavy atom. The Labute approximate surface area is 203 Å². The molecule has 1 heterocycles. The lowest BCUT2D eigenvalue weighted by atomic mass is 10.0. The molecule has 2 amide bonds. The maximum atomic E-state index is 12.5. The van der Waals surface area contributed by atoms with Gasteiger partial charge < -0.3 is 16.0 Å². The second kappa shape index (κ2) is 9.58. The Hall–Kier alpha value is -3.19. The van der Waals surface area contributed by atoms with E-state index in [-0.39, 0.29) is 23.9 Å². The van der Waals surface area contributed by atoms with Gasteiger partial charge in [-0.2, -0.15) is 0 Å². The summed E-state index contributed by atoms with van der Waals surface area (Å²) in [5.41, 5.74) is 3.12. The molecule has 8 heteroatoms. The fraction of sp³-hybridized carbons (Fsp3) is 0.385. The van der Waals surface area contributed by atoms with Gasteiger partial charge in [-0.1, -0.05) is 24.6 Å². The Morgan fingerprint density at radius 3 is 2.65 bits per heavy atom. The third kappa shape index (κ3) is 4.99. The number of anilines is 1. The van der Waals surface area contributed by atoms with E-state index in [1.165, 1.54) is 0 Å². The van der Waals surface area contributed by atoms with Crippen molar-refractivity contribution in [3.05, 3.63) is 53.2 Å². The molecule has 2 aliphatic carbocycles. The summed E-state index contributed by atoms with van der Waals surface area (Å²) in [4.78, 5) is 33.5. The van der Waals surface area contributed by atoms with Crippen molar-refractivity contribution in [2.75, 3.05) is 5.32 Å². The highest BCUT2D eigenvalue weighted by Crippen LogP contribution is 2.32. The van der Waals surface area contributed by atoms with Crippen LogP contribution in [0.5, 0.6) is 0 Å². The average Bonchev–Trinajstić information content (AvgIpc) is 3.56. The van der Waals surface area contributed by atoms with Crippen LogP contribution in [0.3, 0.4) is 0 Å². The molecule has 2 unspecified atom stereocenters. The van der Waals surface area contributed by atoms with Crippen LogP contribution in [0.1, 0.15) is 55.8 Å². The van der Waals surface area contributed by atoms with Gasteiger partial charge in [-0.25, -0.2) is 9.97 Å². The first-order chi connectivity index (χ1) is 16.5. The van der Waals surface area contributed by atoms with Crippen molar-refractivity contribution in [2.24, 2.45) is 0 Å². The minimum Gasteiger partial charge on any atom is -0.351 e. The van der Waals surface area contributed by atoms with Crippen molar-refractivity contribution >= 4 is 40.3 Å². The Bertz CT molecular complexity index is 1240. The molecule has 0 radical (unpaired) electrons. The van der Waals surface area contributed by atoms with Crippen LogP contribution in [0.2, 0.25) is 5.02 Å². The van der Waals surface area contributed by atoms with Crippen molar-refractivity contribution in [3.63, 3.8) is 0 Å². The number of halogens is 1. The third-order valence-corrected chi connectivity index (χ3v) is 6.86. The Balaban J connectivity index is 1.35. The second-order valence-corrected chi connectivity index (χ2v) is 9.53. The van der Waals surface area contributed by atoms with Crippen LogP contribution in [0, 0.1) is 0 Å². The van der Waals surface area contributed by atoms with Gasteiger partial charge in [0.05, 0.1) is 5.52 Å². The van der Waals surface area contributed by atoms with Gasteiger partial charge in [-0.15, -0.1) is 0 Å². The van der Waals surface area contributed by atoms with Crippen LogP contribution in [0.15, 0.2) is 42.6 Å². The number of nitrogens with one attached hydrogen (secondary N) is 3. The summed E-state index contributed by atoms with van der Waals surface area (Å²) in [6.07, 6.45) is 7.35. The fourth-order valence-electron chi connectivity index (χ4n) is 4.43. The number of carbonyl (C=O) groups excluding carboxylic acids is 2. The lowest BCUT2D eigenvalue weighted by Crippen LogP contribution is -2.43. The largest absolute Gasteiger partial charge is 0.351 e. The molecule has 3 aromatic rings. The molecular weight excluding hydrogens is 450 g/mol. The molecular formula is C26H28ClN5O2. The van der Waals surface area contributed by atoms with E-state index in [9.17, 15) is 9.59 Å². The van der Waals surface area contributed by atoms with Gasteiger partial charge in [0.25, 0.3) is 5.91 Å². The smallest absolute Gasteiger partial charge is 0.251 e. The van der Waals surface area contributed by atoms with Crippen LogP contribution in [-0.4, -0.2) is 39.9 Å². The molecule has 1 aromatic heterocycles. The number of nitrogens with zero attached hydrogens (tertiary/aromatic N) is 2. The molecule has 176 valence electrons. The first kappa shape index (κ1) is 22.6. The monoisotopic (exact) mass is 477 g/mol. The first-order valence-corrected chi connectivity index (χ1v) is 12.3. The summed E-state index contributed by atoms with van der Waals surface area (Å²) < 4.78 is 0. The number of fused-ring (bicyclic) bond motifs is 1. The van der Waals surface area contributed by atoms with Crippen molar-refractivity contribution in [3.8, 4) is 11.1 Å². The highest BCUT2D eigenvalue weighted by atomic mass is 35.5. The number of hydrogen-bond acceptors (Lipinski definition) is 5. The quantitative estimate of drug-likeness (QED) is 0.458. The van der Waals surface area contributed by atoms with Crippen molar-refractivity contribution in [1.29, 1.82) is 0 Å². The minimum absolute atomic E-state index is 0.0680. The zero-order valence-corrected chi connectivity index (χ0v) is 19.9. The molecule has 2 aliphatic rings. The van der Waals surface area contributed by atoms with Gasteiger partial charge in [0.15, 0.2) is 0 Å². The summed E-state index contributed by atoms with van der Waals surface area (Å²) in [5.74, 6) is 0.554. The van der Waals surface area contributed by atoms with E-state index in [0.29, 0.717) is 29.0 Å². The highest BCUT2D eigenvalue weighted by Gasteiger charge is 2.29. The van der Waals surface area contributed by atoms with Gasteiger partial charge in [0, 0.05) is 52.3 Å². The molecule has 3 N–H and O–H groups in total. The SMILES string of the molecule is CCC(=O)NC1CCCC1Nc1ncc2cc(-c3cc(C(=O)NC4CC4)ccc3Cl)ccc2n1. The number of carbonyl (C=O) groups is 2. The van der Waals surface area contributed by atoms with E-state index in [2.05, 4.69) is 25.9 Å². The lowest BCUT2D eigenvalue weighted by Gasteiger charge is -2.22. The molecule has 0 aliphatic heterocycles. The fourth-order valence-corrected chi connectivity index (χ4v) is 4.66. The molecule has 5 rings (SSSR count). The number of aromatic nitrogens is 2. The van der Waals surface area contributed by atoms with Crippen molar-refractivity contribution < 1.29 is 9.59 Å². The van der Waals surface area contributed by atoms with Crippen LogP contribution in [-0.2, 0) is 4.79 Å². The van der Waals surface area contributed by atoms with E-state index in [1.54, 1.807) is 18.3 Å². The van der Waals surface area contributed by atoms with Crippen LogP contribution in [0.4, 0.5) is 5.95 Å². The highest BCUT2D eigenvalue weighted by molar-refractivity contribution is 6.33. The Kier molecular flexibility index (Phi) is 6.37. The van der Waals surface area contributed by atoms with Crippen LogP contribution in [0.25, 0.3) is 22.0 Å². The predicted molar refractivity (Wildman–Crippen MR) is 134 cm³/mol. The van der Waals surface area contributed by atoms with E-state index in [0.717, 1.165) is 54.1 Å². The molecule has 2 atom stereocenters. The molecule has 2 fully saturated rings. The van der Waals surface area contributed by atoms with E-state index >= 15 is 0 Å². The van der Waals surface area contributed by atoms with Gasteiger partial charge in [0.2, 0.25) is 11.9 Å². The molecule has 2 saturated carbocycles. The van der Waals surface area contributed by atoms with Gasteiger partial charge in [-0.3, -0.25) is 9.59 Å². The summed E-state index contributed by atoms with van der Waals surface area (Å²) in [6.45, 7) is 1.86. The van der Waals surface area contributed by atoms with E-state index < -0.39 is 0 Å². The van der Waals surface area contributed by atoms with E-state index in [4.69, 9.17) is 11.6 Å². The van der Waals surface area contributed by atoms with Gasteiger partial charge in [-0.05, 0) is 68.0 Å². The molecule has 0 bridgehead atoms. The zero-order chi connectivity index (χ0) is 23.7.